The lowest BCUT2D eigenvalue weighted by Crippen LogP contribution is -2.17. The second kappa shape index (κ2) is 9.76. The number of pyridine rings is 2. The van der Waals surface area contributed by atoms with Crippen LogP contribution in [-0.2, 0) is 4.74 Å². The minimum absolute atomic E-state index is 0.304. The Labute approximate surface area is 194 Å². The van der Waals surface area contributed by atoms with Gasteiger partial charge in [-0.1, -0.05) is 23.6 Å². The lowest BCUT2D eigenvalue weighted by molar-refractivity contribution is 0.102. The van der Waals surface area contributed by atoms with Crippen LogP contribution in [0.5, 0.6) is 10.9 Å². The van der Waals surface area contributed by atoms with Crippen LogP contribution in [0.4, 0.5) is 5.13 Å². The average molecular weight is 476 g/mol. The molecule has 4 heterocycles. The number of nitrogens with one attached hydrogen (secondary N) is 1. The zero-order valence-electron chi connectivity index (χ0n) is 17.8. The van der Waals surface area contributed by atoms with Gasteiger partial charge in [0.1, 0.15) is 10.9 Å². The van der Waals surface area contributed by atoms with E-state index in [-0.39, 0.29) is 0 Å². The molecule has 168 valence electrons. The Morgan fingerprint density at radius 3 is 2.91 bits per heavy atom. The van der Waals surface area contributed by atoms with Gasteiger partial charge in [-0.3, -0.25) is 15.1 Å². The van der Waals surface area contributed by atoms with Crippen molar-refractivity contribution < 1.29 is 19.0 Å². The molecule has 1 saturated heterocycles. The molecule has 0 aliphatic carbocycles. The van der Waals surface area contributed by atoms with Crippen LogP contribution in [0.2, 0.25) is 5.15 Å². The van der Waals surface area contributed by atoms with E-state index in [1.165, 1.54) is 13.3 Å². The van der Waals surface area contributed by atoms with Gasteiger partial charge < -0.3 is 14.2 Å². The van der Waals surface area contributed by atoms with E-state index in [1.54, 1.807) is 25.3 Å². The summed E-state index contributed by atoms with van der Waals surface area (Å²) in [4.78, 5) is 21.4. The molecule has 1 N–H and O–H groups in total. The van der Waals surface area contributed by atoms with E-state index in [0.717, 1.165) is 17.9 Å². The van der Waals surface area contributed by atoms with Crippen molar-refractivity contribution in [1.29, 1.82) is 0 Å². The van der Waals surface area contributed by atoms with Gasteiger partial charge in [-0.15, -0.1) is 5.10 Å². The number of hydrogen-bond acceptors (Lipinski definition) is 9. The number of rotatable bonds is 7. The molecule has 0 saturated carbocycles. The highest BCUT2D eigenvalue weighted by molar-refractivity contribution is 7.17. The van der Waals surface area contributed by atoms with Crippen molar-refractivity contribution in [3.63, 3.8) is 0 Å². The van der Waals surface area contributed by atoms with Crippen LogP contribution < -0.4 is 14.8 Å². The van der Waals surface area contributed by atoms with Gasteiger partial charge >= 0.3 is 0 Å². The Morgan fingerprint density at radius 2 is 2.19 bits per heavy atom. The average Bonchev–Trinajstić information content (AvgIpc) is 3.40. The first-order valence-electron chi connectivity index (χ1n) is 9.97. The highest BCUT2D eigenvalue weighted by Gasteiger charge is 2.26. The first-order chi connectivity index (χ1) is 15.5. The quantitative estimate of drug-likeness (QED) is 0.513. The Morgan fingerprint density at radius 1 is 1.34 bits per heavy atom. The molecule has 32 heavy (non-hydrogen) atoms. The van der Waals surface area contributed by atoms with Gasteiger partial charge in [-0.2, -0.15) is 0 Å². The second-order valence-electron chi connectivity index (χ2n) is 7.45. The molecule has 9 nitrogen and oxygen atoms in total. The number of aryl methyl sites for hydroxylation is 1. The first kappa shape index (κ1) is 22.4. The molecular formula is C21H22ClN5O4S. The van der Waals surface area contributed by atoms with Gasteiger partial charge in [0.15, 0.2) is 0 Å². The smallest absolute Gasteiger partial charge is 0.295 e. The van der Waals surface area contributed by atoms with E-state index in [9.17, 15) is 4.79 Å². The van der Waals surface area contributed by atoms with Crippen molar-refractivity contribution in [3.8, 4) is 22.1 Å². The number of carbonyl (C=O) groups excluding carboxylic acids is 1. The predicted octanol–water partition coefficient (Wildman–Crippen LogP) is 3.88. The number of methoxy groups -OCH3 is 1. The van der Waals surface area contributed by atoms with Crippen molar-refractivity contribution in [2.75, 3.05) is 32.2 Å². The van der Waals surface area contributed by atoms with Crippen LogP contribution in [-0.4, -0.2) is 53.0 Å². The Hall–Kier alpha value is -2.82. The maximum absolute atomic E-state index is 13.1. The SMILES string of the molecule is COc1c(C)ncc(C(=O)Nc2nnc(OCC3COCC3C)s2)c1-c1ccnc(Cl)c1. The van der Waals surface area contributed by atoms with Gasteiger partial charge in [0.05, 0.1) is 31.6 Å². The van der Waals surface area contributed by atoms with Crippen molar-refractivity contribution in [1.82, 2.24) is 20.2 Å². The molecular weight excluding hydrogens is 454 g/mol. The number of halogens is 1. The first-order valence-corrected chi connectivity index (χ1v) is 11.2. The van der Waals surface area contributed by atoms with Crippen LogP contribution in [0.1, 0.15) is 23.0 Å². The van der Waals surface area contributed by atoms with Gasteiger partial charge in [-0.25, -0.2) is 4.98 Å². The standard InChI is InChI=1S/C21H22ClN5O4S/c1-11-8-30-9-14(11)10-31-21-27-26-20(32-21)25-19(28)15-7-24-12(2)18(29-3)17(15)13-4-5-23-16(22)6-13/h4-7,11,14H,8-10H2,1-3H3,(H,25,26,28). The van der Waals surface area contributed by atoms with E-state index in [0.29, 0.717) is 68.7 Å². The Balaban J connectivity index is 1.54. The zero-order valence-corrected chi connectivity index (χ0v) is 19.4. The van der Waals surface area contributed by atoms with E-state index >= 15 is 0 Å². The Bertz CT molecular complexity index is 1130. The number of anilines is 1. The molecule has 1 amide bonds. The molecule has 2 unspecified atom stereocenters. The van der Waals surface area contributed by atoms with Crippen LogP contribution >= 0.6 is 22.9 Å². The minimum Gasteiger partial charge on any atom is -0.494 e. The van der Waals surface area contributed by atoms with Crippen molar-refractivity contribution in [3.05, 3.63) is 40.9 Å². The highest BCUT2D eigenvalue weighted by Crippen LogP contribution is 2.36. The topological polar surface area (TPSA) is 108 Å². The van der Waals surface area contributed by atoms with E-state index in [4.69, 9.17) is 25.8 Å². The van der Waals surface area contributed by atoms with E-state index < -0.39 is 5.91 Å². The van der Waals surface area contributed by atoms with Crippen LogP contribution in [0.15, 0.2) is 24.5 Å². The van der Waals surface area contributed by atoms with E-state index in [2.05, 4.69) is 32.4 Å². The summed E-state index contributed by atoms with van der Waals surface area (Å²) in [6.45, 7) is 5.84. The summed E-state index contributed by atoms with van der Waals surface area (Å²) in [5.74, 6) is 0.831. The number of aromatic nitrogens is 4. The fourth-order valence-corrected chi connectivity index (χ4v) is 4.21. The number of nitrogens with zero attached hydrogens (tertiary/aromatic N) is 4. The molecule has 1 aliphatic heterocycles. The molecule has 1 fully saturated rings. The van der Waals surface area contributed by atoms with Crippen LogP contribution in [0, 0.1) is 18.8 Å². The monoisotopic (exact) mass is 475 g/mol. The summed E-state index contributed by atoms with van der Waals surface area (Å²) >= 11 is 7.23. The molecule has 4 rings (SSSR count). The summed E-state index contributed by atoms with van der Waals surface area (Å²) < 4.78 is 16.7. The second-order valence-corrected chi connectivity index (χ2v) is 8.77. The minimum atomic E-state index is -0.403. The van der Waals surface area contributed by atoms with Gasteiger partial charge in [-0.05, 0) is 41.9 Å². The summed E-state index contributed by atoms with van der Waals surface area (Å²) in [6, 6.07) is 3.42. The molecule has 3 aromatic heterocycles. The largest absolute Gasteiger partial charge is 0.494 e. The molecule has 0 radical (unpaired) electrons. The number of hydrogen-bond donors (Lipinski definition) is 1. The third kappa shape index (κ3) is 4.82. The van der Waals surface area contributed by atoms with Gasteiger partial charge in [0.2, 0.25) is 5.13 Å². The van der Waals surface area contributed by atoms with Gasteiger partial charge in [0.25, 0.3) is 11.1 Å². The fraction of sp³-hybridized carbons (Fsp3) is 0.381. The maximum Gasteiger partial charge on any atom is 0.295 e. The third-order valence-electron chi connectivity index (χ3n) is 5.24. The molecule has 0 aromatic carbocycles. The molecule has 11 heteroatoms. The van der Waals surface area contributed by atoms with Crippen molar-refractivity contribution in [2.24, 2.45) is 11.8 Å². The summed E-state index contributed by atoms with van der Waals surface area (Å²) in [6.07, 6.45) is 3.07. The molecule has 0 bridgehead atoms. The molecule has 2 atom stereocenters. The van der Waals surface area contributed by atoms with Gasteiger partial charge in [0, 0.05) is 30.5 Å². The third-order valence-corrected chi connectivity index (χ3v) is 6.20. The lowest BCUT2D eigenvalue weighted by Gasteiger charge is -2.15. The van der Waals surface area contributed by atoms with Crippen molar-refractivity contribution in [2.45, 2.75) is 13.8 Å². The predicted molar refractivity (Wildman–Crippen MR) is 121 cm³/mol. The molecule has 3 aromatic rings. The summed E-state index contributed by atoms with van der Waals surface area (Å²) in [5, 5.41) is 11.8. The zero-order chi connectivity index (χ0) is 22.7. The van der Waals surface area contributed by atoms with Crippen LogP contribution in [0.25, 0.3) is 11.1 Å². The highest BCUT2D eigenvalue weighted by atomic mass is 35.5. The fourth-order valence-electron chi connectivity index (χ4n) is 3.43. The molecule has 1 aliphatic rings. The normalized spacial score (nSPS) is 17.9. The number of amides is 1. The lowest BCUT2D eigenvalue weighted by atomic mass is 9.99. The summed E-state index contributed by atoms with van der Waals surface area (Å²) in [7, 11) is 1.53. The van der Waals surface area contributed by atoms with Crippen molar-refractivity contribution >= 4 is 34.0 Å². The number of ether oxygens (including phenoxy) is 3. The molecule has 0 spiro atoms. The summed E-state index contributed by atoms with van der Waals surface area (Å²) in [5.41, 5.74) is 2.21. The van der Waals surface area contributed by atoms with Crippen LogP contribution in [0.3, 0.4) is 0 Å². The van der Waals surface area contributed by atoms with E-state index in [1.807, 2.05) is 0 Å². The maximum atomic E-state index is 13.1. The number of carbonyl (C=O) groups is 1. The Kier molecular flexibility index (Phi) is 6.83.